The molecule has 8 nitrogen and oxygen atoms in total. The van der Waals surface area contributed by atoms with Crippen LogP contribution in [0.25, 0.3) is 0 Å². The first kappa shape index (κ1) is 17.5. The fourth-order valence-electron chi connectivity index (χ4n) is 2.52. The van der Waals surface area contributed by atoms with E-state index < -0.39 is 23.9 Å². The molecule has 2 heterocycles. The fraction of sp³-hybridized carbons (Fsp3) is 0.278. The van der Waals surface area contributed by atoms with Crippen LogP contribution in [0, 0.1) is 6.92 Å². The SMILES string of the molecule is COC(=O)c1cc(COC(=O)C[C@@H]2Oc3ccccc3NC2=O)oc1C. The Morgan fingerprint density at radius 2 is 2.04 bits per heavy atom. The highest BCUT2D eigenvalue weighted by Gasteiger charge is 2.30. The van der Waals surface area contributed by atoms with Crippen molar-refractivity contribution in [3.63, 3.8) is 0 Å². The van der Waals surface area contributed by atoms with Crippen LogP contribution in [0.15, 0.2) is 34.7 Å². The Kier molecular flexibility index (Phi) is 4.92. The Hall–Kier alpha value is -3.29. The molecule has 1 aromatic carbocycles. The Morgan fingerprint density at radius 1 is 1.27 bits per heavy atom. The van der Waals surface area contributed by atoms with Crippen LogP contribution < -0.4 is 10.1 Å². The second kappa shape index (κ2) is 7.30. The molecule has 0 aliphatic carbocycles. The van der Waals surface area contributed by atoms with Gasteiger partial charge < -0.3 is 23.9 Å². The topological polar surface area (TPSA) is 104 Å². The first-order valence-corrected chi connectivity index (χ1v) is 7.87. The van der Waals surface area contributed by atoms with Gasteiger partial charge in [0, 0.05) is 0 Å². The van der Waals surface area contributed by atoms with E-state index in [2.05, 4.69) is 10.1 Å². The van der Waals surface area contributed by atoms with Crippen molar-refractivity contribution >= 4 is 23.5 Å². The van der Waals surface area contributed by atoms with Crippen LogP contribution in [0.5, 0.6) is 5.75 Å². The van der Waals surface area contributed by atoms with E-state index >= 15 is 0 Å². The molecule has 0 radical (unpaired) electrons. The molecule has 136 valence electrons. The summed E-state index contributed by atoms with van der Waals surface area (Å²) in [5.41, 5.74) is 0.827. The van der Waals surface area contributed by atoms with Gasteiger partial charge in [-0.15, -0.1) is 0 Å². The van der Waals surface area contributed by atoms with Crippen LogP contribution in [0.1, 0.15) is 28.3 Å². The molecule has 1 atom stereocenters. The minimum absolute atomic E-state index is 0.165. The molecule has 0 unspecified atom stereocenters. The Balaban J connectivity index is 1.56. The van der Waals surface area contributed by atoms with E-state index in [1.54, 1.807) is 31.2 Å². The molecule has 26 heavy (non-hydrogen) atoms. The lowest BCUT2D eigenvalue weighted by atomic mass is 10.1. The summed E-state index contributed by atoms with van der Waals surface area (Å²) in [6.07, 6.45) is -1.22. The standard InChI is InChI=1S/C18H17NO7/c1-10-12(18(22)23-2)7-11(25-10)9-24-16(20)8-15-17(21)19-13-5-3-4-6-14(13)26-15/h3-7,15H,8-9H2,1-2H3,(H,19,21)/t15-/m0/s1. The quantitative estimate of drug-likeness (QED) is 0.816. The maximum Gasteiger partial charge on any atom is 0.341 e. The molecule has 8 heteroatoms. The van der Waals surface area contributed by atoms with Gasteiger partial charge in [0.2, 0.25) is 0 Å². The van der Waals surface area contributed by atoms with Crippen molar-refractivity contribution in [3.05, 3.63) is 47.4 Å². The van der Waals surface area contributed by atoms with Crippen LogP contribution >= 0.6 is 0 Å². The molecule has 0 saturated carbocycles. The van der Waals surface area contributed by atoms with Crippen LogP contribution in [0.3, 0.4) is 0 Å². The van der Waals surface area contributed by atoms with E-state index in [9.17, 15) is 14.4 Å². The second-order valence-corrected chi connectivity index (χ2v) is 5.63. The molecule has 0 spiro atoms. The highest BCUT2D eigenvalue weighted by Crippen LogP contribution is 2.29. The number of carbonyl (C=O) groups is 3. The zero-order chi connectivity index (χ0) is 18.7. The molecule has 0 fully saturated rings. The average Bonchev–Trinajstić information content (AvgIpc) is 3.00. The predicted molar refractivity (Wildman–Crippen MR) is 88.7 cm³/mol. The van der Waals surface area contributed by atoms with Gasteiger partial charge in [-0.05, 0) is 25.1 Å². The summed E-state index contributed by atoms with van der Waals surface area (Å²) in [6.45, 7) is 1.44. The maximum absolute atomic E-state index is 12.0. The van der Waals surface area contributed by atoms with Gasteiger partial charge in [-0.1, -0.05) is 12.1 Å². The molecule has 3 rings (SSSR count). The molecule has 1 aliphatic heterocycles. The third-order valence-electron chi connectivity index (χ3n) is 3.81. The molecule has 1 aliphatic rings. The number of benzene rings is 1. The zero-order valence-corrected chi connectivity index (χ0v) is 14.2. The Morgan fingerprint density at radius 3 is 2.81 bits per heavy atom. The number of hydrogen-bond donors (Lipinski definition) is 1. The number of aryl methyl sites for hydroxylation is 1. The van der Waals surface area contributed by atoms with E-state index in [0.717, 1.165) is 0 Å². The molecular weight excluding hydrogens is 342 g/mol. The summed E-state index contributed by atoms with van der Waals surface area (Å²) in [5.74, 6) is -0.408. The number of methoxy groups -OCH3 is 1. The van der Waals surface area contributed by atoms with E-state index in [-0.39, 0.29) is 18.6 Å². The van der Waals surface area contributed by atoms with Gasteiger partial charge in [-0.25, -0.2) is 4.79 Å². The number of ether oxygens (including phenoxy) is 3. The van der Waals surface area contributed by atoms with Gasteiger partial charge in [-0.3, -0.25) is 9.59 Å². The van der Waals surface area contributed by atoms with Crippen molar-refractivity contribution in [3.8, 4) is 5.75 Å². The minimum atomic E-state index is -0.971. The van der Waals surface area contributed by atoms with Gasteiger partial charge in [0.15, 0.2) is 6.10 Å². The number of para-hydroxylation sites is 2. The number of carbonyl (C=O) groups excluding carboxylic acids is 3. The van der Waals surface area contributed by atoms with Crippen molar-refractivity contribution in [2.75, 3.05) is 12.4 Å². The number of furan rings is 1. The normalized spacial score (nSPS) is 15.5. The molecule has 0 saturated heterocycles. The van der Waals surface area contributed by atoms with E-state index in [1.165, 1.54) is 13.2 Å². The van der Waals surface area contributed by atoms with Crippen molar-refractivity contribution < 1.29 is 33.0 Å². The minimum Gasteiger partial charge on any atom is -0.478 e. The van der Waals surface area contributed by atoms with Gasteiger partial charge >= 0.3 is 11.9 Å². The van der Waals surface area contributed by atoms with Gasteiger partial charge in [-0.2, -0.15) is 0 Å². The number of hydrogen-bond acceptors (Lipinski definition) is 7. The highest BCUT2D eigenvalue weighted by atomic mass is 16.5. The summed E-state index contributed by atoms with van der Waals surface area (Å²) in [4.78, 5) is 35.6. The van der Waals surface area contributed by atoms with Gasteiger partial charge in [0.1, 0.15) is 29.4 Å². The van der Waals surface area contributed by atoms with E-state index in [4.69, 9.17) is 13.9 Å². The first-order valence-electron chi connectivity index (χ1n) is 7.87. The highest BCUT2D eigenvalue weighted by molar-refractivity contribution is 5.99. The summed E-state index contributed by atoms with van der Waals surface area (Å²) in [5, 5.41) is 2.68. The maximum atomic E-state index is 12.0. The van der Waals surface area contributed by atoms with Crippen molar-refractivity contribution in [1.29, 1.82) is 0 Å². The third-order valence-corrected chi connectivity index (χ3v) is 3.81. The van der Waals surface area contributed by atoms with Crippen LogP contribution in [-0.4, -0.2) is 31.1 Å². The lowest BCUT2D eigenvalue weighted by molar-refractivity contribution is -0.149. The molecule has 1 amide bonds. The van der Waals surface area contributed by atoms with Crippen LogP contribution in [-0.2, 0) is 25.7 Å². The molecule has 1 aromatic heterocycles. The van der Waals surface area contributed by atoms with Crippen molar-refractivity contribution in [2.45, 2.75) is 26.1 Å². The largest absolute Gasteiger partial charge is 0.478 e. The van der Waals surface area contributed by atoms with Crippen LogP contribution in [0.2, 0.25) is 0 Å². The van der Waals surface area contributed by atoms with Gasteiger partial charge in [0.05, 0.1) is 19.2 Å². The number of anilines is 1. The first-order chi connectivity index (χ1) is 12.5. The Labute approximate surface area is 149 Å². The second-order valence-electron chi connectivity index (χ2n) is 5.63. The number of fused-ring (bicyclic) bond motifs is 1. The monoisotopic (exact) mass is 359 g/mol. The summed E-state index contributed by atoms with van der Waals surface area (Å²) in [7, 11) is 1.27. The van der Waals surface area contributed by atoms with Crippen molar-refractivity contribution in [1.82, 2.24) is 0 Å². The summed E-state index contributed by atoms with van der Waals surface area (Å²) in [6, 6.07) is 8.40. The fourth-order valence-corrected chi connectivity index (χ4v) is 2.52. The number of amides is 1. The van der Waals surface area contributed by atoms with Crippen molar-refractivity contribution in [2.24, 2.45) is 0 Å². The summed E-state index contributed by atoms with van der Waals surface area (Å²) < 4.78 is 20.6. The third kappa shape index (κ3) is 3.69. The predicted octanol–water partition coefficient (Wildman–Crippen LogP) is 2.21. The number of esters is 2. The van der Waals surface area contributed by atoms with Crippen LogP contribution in [0.4, 0.5) is 5.69 Å². The average molecular weight is 359 g/mol. The lowest BCUT2D eigenvalue weighted by Crippen LogP contribution is -2.38. The van der Waals surface area contributed by atoms with E-state index in [0.29, 0.717) is 23.0 Å². The summed E-state index contributed by atoms with van der Waals surface area (Å²) >= 11 is 0. The number of nitrogens with one attached hydrogen (secondary N) is 1. The number of rotatable bonds is 5. The zero-order valence-electron chi connectivity index (χ0n) is 14.2. The van der Waals surface area contributed by atoms with E-state index in [1.807, 2.05) is 0 Å². The molecule has 2 aromatic rings. The van der Waals surface area contributed by atoms with Gasteiger partial charge in [0.25, 0.3) is 5.91 Å². The smallest absolute Gasteiger partial charge is 0.341 e. The molecular formula is C18H17NO7. The molecule has 1 N–H and O–H groups in total. The molecule has 0 bridgehead atoms. The lowest BCUT2D eigenvalue weighted by Gasteiger charge is -2.25. The Bertz CT molecular complexity index is 855.